The van der Waals surface area contributed by atoms with Gasteiger partial charge >= 0.3 is 12.0 Å². The van der Waals surface area contributed by atoms with Crippen molar-refractivity contribution in [3.05, 3.63) is 29.3 Å². The zero-order chi connectivity index (χ0) is 20.6. The first kappa shape index (κ1) is 22.4. The summed E-state index contributed by atoms with van der Waals surface area (Å²) in [5.41, 5.74) is 0.449. The number of rotatable bonds is 7. The molecule has 3 amide bonds. The number of nitrogens with one attached hydrogen (secondary N) is 2. The van der Waals surface area contributed by atoms with Gasteiger partial charge in [-0.1, -0.05) is 0 Å². The normalized spacial score (nSPS) is 12.1. The van der Waals surface area contributed by atoms with Crippen LogP contribution in [0.5, 0.6) is 5.75 Å². The van der Waals surface area contributed by atoms with Crippen LogP contribution in [-0.2, 0) is 20.9 Å². The van der Waals surface area contributed by atoms with Gasteiger partial charge in [0.25, 0.3) is 5.91 Å². The molecule has 1 rings (SSSR count). The van der Waals surface area contributed by atoms with Gasteiger partial charge in [-0.3, -0.25) is 10.1 Å². The van der Waals surface area contributed by atoms with E-state index in [0.717, 1.165) is 0 Å². The van der Waals surface area contributed by atoms with Gasteiger partial charge in [-0.15, -0.1) is 0 Å². The summed E-state index contributed by atoms with van der Waals surface area (Å²) in [6, 6.07) is 4.10. The van der Waals surface area contributed by atoms with Gasteiger partial charge in [0.2, 0.25) is 0 Å². The molecule has 0 fully saturated rings. The first-order chi connectivity index (χ1) is 12.6. The van der Waals surface area contributed by atoms with Gasteiger partial charge in [-0.05, 0) is 52.8 Å². The number of hydrogen-bond acceptors (Lipinski definition) is 6. The highest BCUT2D eigenvalue weighted by Gasteiger charge is 2.23. The maximum absolute atomic E-state index is 12.3. The van der Waals surface area contributed by atoms with Gasteiger partial charge in [-0.2, -0.15) is 0 Å². The summed E-state index contributed by atoms with van der Waals surface area (Å²) in [6.07, 6.45) is -1.14. The highest BCUT2D eigenvalue weighted by molar-refractivity contribution is 5.98. The first-order valence-corrected chi connectivity index (χ1v) is 8.66. The fourth-order valence-electron chi connectivity index (χ4n) is 2.10. The fourth-order valence-corrected chi connectivity index (χ4v) is 2.10. The minimum atomic E-state index is -1.14. The molecule has 1 aromatic carbocycles. The van der Waals surface area contributed by atoms with Gasteiger partial charge in [0.15, 0.2) is 6.10 Å². The van der Waals surface area contributed by atoms with E-state index in [-0.39, 0.29) is 12.2 Å². The third-order valence-electron chi connectivity index (χ3n) is 3.36. The Labute approximate surface area is 159 Å². The molecular weight excluding hydrogens is 352 g/mol. The largest absolute Gasteiger partial charge is 0.496 e. The molecule has 0 aliphatic heterocycles. The maximum atomic E-state index is 12.3. The van der Waals surface area contributed by atoms with Crippen molar-refractivity contribution in [1.29, 1.82) is 0 Å². The molecule has 150 valence electrons. The molecule has 0 radical (unpaired) electrons. The Bertz CT molecular complexity index is 681. The highest BCUT2D eigenvalue weighted by Crippen LogP contribution is 2.21. The third kappa shape index (κ3) is 7.65. The fraction of sp³-hybridized carbons (Fsp3) is 0.526. The zero-order valence-corrected chi connectivity index (χ0v) is 16.7. The minimum absolute atomic E-state index is 0.254. The zero-order valence-electron chi connectivity index (χ0n) is 16.7. The van der Waals surface area contributed by atoms with Crippen LogP contribution in [0.4, 0.5) is 4.79 Å². The Balaban J connectivity index is 2.74. The van der Waals surface area contributed by atoms with Gasteiger partial charge in [-0.25, -0.2) is 9.59 Å². The van der Waals surface area contributed by atoms with E-state index < -0.39 is 29.6 Å². The van der Waals surface area contributed by atoms with Crippen LogP contribution in [0.3, 0.4) is 0 Å². The molecule has 0 unspecified atom stereocenters. The number of carbonyl (C=O) groups excluding carboxylic acids is 3. The van der Waals surface area contributed by atoms with Gasteiger partial charge < -0.3 is 19.5 Å². The van der Waals surface area contributed by atoms with E-state index in [0.29, 0.717) is 17.9 Å². The van der Waals surface area contributed by atoms with Gasteiger partial charge in [0, 0.05) is 17.7 Å². The lowest BCUT2D eigenvalue weighted by Crippen LogP contribution is -2.50. The highest BCUT2D eigenvalue weighted by atomic mass is 16.5. The minimum Gasteiger partial charge on any atom is -0.496 e. The lowest BCUT2D eigenvalue weighted by molar-refractivity contribution is -0.127. The number of imide groups is 1. The SMILES string of the molecule is CCOCc1cc(C(=O)O[C@H](C)C(=O)NC(=O)NC(C)(C)C)ccc1OC. The Morgan fingerprint density at radius 3 is 2.41 bits per heavy atom. The van der Waals surface area contributed by atoms with Crippen LogP contribution in [0, 0.1) is 0 Å². The number of methoxy groups -OCH3 is 1. The molecular formula is C19H28N2O6. The second-order valence-electron chi connectivity index (χ2n) is 6.90. The number of amides is 3. The molecule has 0 heterocycles. The predicted octanol–water partition coefficient (Wildman–Crippen LogP) is 2.40. The van der Waals surface area contributed by atoms with Crippen molar-refractivity contribution < 1.29 is 28.6 Å². The molecule has 27 heavy (non-hydrogen) atoms. The molecule has 8 nitrogen and oxygen atoms in total. The number of hydrogen-bond donors (Lipinski definition) is 2. The molecule has 0 spiro atoms. The molecule has 1 aromatic rings. The lowest BCUT2D eigenvalue weighted by Gasteiger charge is -2.21. The average molecular weight is 380 g/mol. The van der Waals surface area contributed by atoms with Gasteiger partial charge in [0.1, 0.15) is 5.75 Å². The predicted molar refractivity (Wildman–Crippen MR) is 99.6 cm³/mol. The van der Waals surface area contributed by atoms with Crippen LogP contribution in [0.25, 0.3) is 0 Å². The van der Waals surface area contributed by atoms with Crippen molar-refractivity contribution in [2.45, 2.75) is 52.9 Å². The van der Waals surface area contributed by atoms with Crippen LogP contribution in [0.1, 0.15) is 50.5 Å². The van der Waals surface area contributed by atoms with Crippen LogP contribution in [0.15, 0.2) is 18.2 Å². The molecule has 1 atom stereocenters. The smallest absolute Gasteiger partial charge is 0.338 e. The number of esters is 1. The monoisotopic (exact) mass is 380 g/mol. The van der Waals surface area contributed by atoms with E-state index in [1.807, 2.05) is 6.92 Å². The Hall–Kier alpha value is -2.61. The van der Waals surface area contributed by atoms with Crippen molar-refractivity contribution in [2.75, 3.05) is 13.7 Å². The number of carbonyl (C=O) groups is 3. The van der Waals surface area contributed by atoms with E-state index >= 15 is 0 Å². The molecule has 0 bridgehead atoms. The molecule has 2 N–H and O–H groups in total. The molecule has 8 heteroatoms. The van der Waals surface area contributed by atoms with Crippen molar-refractivity contribution in [2.24, 2.45) is 0 Å². The van der Waals surface area contributed by atoms with Crippen molar-refractivity contribution in [3.8, 4) is 5.75 Å². The van der Waals surface area contributed by atoms with E-state index in [1.54, 1.807) is 32.9 Å². The second-order valence-corrected chi connectivity index (χ2v) is 6.90. The molecule has 0 aliphatic rings. The standard InChI is InChI=1S/C19H28N2O6/c1-7-26-11-14-10-13(8-9-15(14)25-6)17(23)27-12(2)16(22)20-18(24)21-19(3,4)5/h8-10,12H,7,11H2,1-6H3,(H2,20,21,22,24)/t12-/m1/s1. The molecule has 0 aliphatic carbocycles. The van der Waals surface area contributed by atoms with E-state index in [2.05, 4.69) is 10.6 Å². The van der Waals surface area contributed by atoms with Crippen molar-refractivity contribution in [1.82, 2.24) is 10.6 Å². The van der Waals surface area contributed by atoms with Crippen LogP contribution >= 0.6 is 0 Å². The summed E-state index contributed by atoms with van der Waals surface area (Å²) >= 11 is 0. The lowest BCUT2D eigenvalue weighted by atomic mass is 10.1. The van der Waals surface area contributed by atoms with Crippen LogP contribution in [0.2, 0.25) is 0 Å². The summed E-state index contributed by atoms with van der Waals surface area (Å²) in [7, 11) is 1.53. The van der Waals surface area contributed by atoms with E-state index in [9.17, 15) is 14.4 Å². The van der Waals surface area contributed by atoms with Crippen molar-refractivity contribution >= 4 is 17.9 Å². The van der Waals surface area contributed by atoms with Crippen LogP contribution in [-0.4, -0.2) is 43.3 Å². The van der Waals surface area contributed by atoms with Crippen molar-refractivity contribution in [3.63, 3.8) is 0 Å². The summed E-state index contributed by atoms with van der Waals surface area (Å²) < 4.78 is 15.7. The Morgan fingerprint density at radius 2 is 1.85 bits per heavy atom. The number of benzene rings is 1. The van der Waals surface area contributed by atoms with Gasteiger partial charge in [0.05, 0.1) is 19.3 Å². The second kappa shape index (κ2) is 9.91. The summed E-state index contributed by atoms with van der Waals surface area (Å²) in [6.45, 7) is 9.40. The first-order valence-electron chi connectivity index (χ1n) is 8.66. The molecule has 0 aromatic heterocycles. The Kier molecular flexibility index (Phi) is 8.24. The van der Waals surface area contributed by atoms with E-state index in [4.69, 9.17) is 14.2 Å². The van der Waals surface area contributed by atoms with E-state index in [1.165, 1.54) is 20.1 Å². The topological polar surface area (TPSA) is 103 Å². The number of ether oxygens (including phenoxy) is 3. The molecule has 0 saturated carbocycles. The average Bonchev–Trinajstić information content (AvgIpc) is 2.57. The number of urea groups is 1. The summed E-state index contributed by atoms with van der Waals surface area (Å²) in [4.78, 5) is 36.1. The summed E-state index contributed by atoms with van der Waals surface area (Å²) in [5.74, 6) is -0.813. The van der Waals surface area contributed by atoms with Crippen LogP contribution < -0.4 is 15.4 Å². The molecule has 0 saturated heterocycles. The third-order valence-corrected chi connectivity index (χ3v) is 3.36. The maximum Gasteiger partial charge on any atom is 0.338 e. The quantitative estimate of drug-likeness (QED) is 0.704. The summed E-state index contributed by atoms with van der Waals surface area (Å²) in [5, 5.41) is 4.73. The Morgan fingerprint density at radius 1 is 1.19 bits per heavy atom.